The number of hydrogen-bond acceptors (Lipinski definition) is 1. The molecule has 0 fully saturated rings. The summed E-state index contributed by atoms with van der Waals surface area (Å²) in [4.78, 5) is 0. The van der Waals surface area contributed by atoms with Crippen LogP contribution in [0.2, 0.25) is 0 Å². The minimum atomic E-state index is -0.227. The summed E-state index contributed by atoms with van der Waals surface area (Å²) in [5.74, 6) is 0.460. The fourth-order valence-corrected chi connectivity index (χ4v) is 1.71. The smallest absolute Gasteiger partial charge is 0.131 e. The zero-order valence-corrected chi connectivity index (χ0v) is 9.33. The predicted octanol–water partition coefficient (Wildman–Crippen LogP) is 3.81. The van der Waals surface area contributed by atoms with Gasteiger partial charge in [0.25, 0.3) is 0 Å². The molecule has 2 rings (SSSR count). The van der Waals surface area contributed by atoms with E-state index >= 15 is 0 Å². The van der Waals surface area contributed by atoms with Gasteiger partial charge in [-0.05, 0) is 25.1 Å². The molecule has 0 aliphatic heterocycles. The summed E-state index contributed by atoms with van der Waals surface area (Å²) in [7, 11) is 1.59. The van der Waals surface area contributed by atoms with Gasteiger partial charge in [0.15, 0.2) is 0 Å². The van der Waals surface area contributed by atoms with Crippen molar-refractivity contribution in [1.82, 2.24) is 0 Å². The van der Waals surface area contributed by atoms with Gasteiger partial charge in [-0.1, -0.05) is 29.8 Å². The molecule has 0 aromatic heterocycles. The molecular weight excluding hydrogens is 203 g/mol. The zero-order valence-electron chi connectivity index (χ0n) is 9.33. The topological polar surface area (TPSA) is 9.23 Å². The monoisotopic (exact) mass is 216 g/mol. The number of methoxy groups -OCH3 is 1. The normalized spacial score (nSPS) is 10.2. The zero-order chi connectivity index (χ0) is 11.5. The second kappa shape index (κ2) is 4.35. The molecular formula is C14H13FO. The first-order valence-electron chi connectivity index (χ1n) is 5.12. The highest BCUT2D eigenvalue weighted by Gasteiger charge is 2.09. The maximum atomic E-state index is 13.7. The van der Waals surface area contributed by atoms with Crippen molar-refractivity contribution in [2.75, 3.05) is 7.11 Å². The van der Waals surface area contributed by atoms with E-state index in [9.17, 15) is 4.39 Å². The molecule has 0 radical (unpaired) electrons. The van der Waals surface area contributed by atoms with E-state index in [4.69, 9.17) is 4.74 Å². The molecule has 16 heavy (non-hydrogen) atoms. The van der Waals surface area contributed by atoms with E-state index in [1.807, 2.05) is 37.3 Å². The van der Waals surface area contributed by atoms with Gasteiger partial charge in [-0.2, -0.15) is 0 Å². The number of para-hydroxylation sites is 1. The lowest BCUT2D eigenvalue weighted by molar-refractivity contribution is 0.416. The summed E-state index contributed by atoms with van der Waals surface area (Å²) in [6, 6.07) is 12.5. The molecule has 0 aliphatic carbocycles. The van der Waals surface area contributed by atoms with E-state index in [-0.39, 0.29) is 5.82 Å². The Hall–Kier alpha value is -1.83. The molecule has 2 aromatic rings. The fraction of sp³-hybridized carbons (Fsp3) is 0.143. The standard InChI is InChI=1S/C14H13FO/c1-10-7-8-13(15)12(9-10)11-5-3-4-6-14(11)16-2/h3-9H,1-2H3. The summed E-state index contributed by atoms with van der Waals surface area (Å²) in [6.07, 6.45) is 0. The third-order valence-corrected chi connectivity index (χ3v) is 2.52. The molecule has 0 N–H and O–H groups in total. The van der Waals surface area contributed by atoms with Crippen molar-refractivity contribution in [3.05, 3.63) is 53.8 Å². The van der Waals surface area contributed by atoms with Crippen LogP contribution < -0.4 is 4.74 Å². The molecule has 2 heteroatoms. The van der Waals surface area contributed by atoms with E-state index in [1.165, 1.54) is 6.07 Å². The summed E-state index contributed by atoms with van der Waals surface area (Å²) in [5.41, 5.74) is 2.39. The Morgan fingerprint density at radius 2 is 1.75 bits per heavy atom. The van der Waals surface area contributed by atoms with Gasteiger partial charge in [-0.3, -0.25) is 0 Å². The van der Waals surface area contributed by atoms with Crippen molar-refractivity contribution in [3.63, 3.8) is 0 Å². The Bertz CT molecular complexity index is 506. The van der Waals surface area contributed by atoms with Crippen LogP contribution in [0.5, 0.6) is 5.75 Å². The highest BCUT2D eigenvalue weighted by molar-refractivity contribution is 5.71. The van der Waals surface area contributed by atoms with Crippen molar-refractivity contribution < 1.29 is 9.13 Å². The summed E-state index contributed by atoms with van der Waals surface area (Å²) >= 11 is 0. The van der Waals surface area contributed by atoms with Gasteiger partial charge in [0, 0.05) is 11.1 Å². The first kappa shape index (κ1) is 10.7. The van der Waals surface area contributed by atoms with Gasteiger partial charge < -0.3 is 4.74 Å². The Morgan fingerprint density at radius 3 is 2.50 bits per heavy atom. The molecule has 0 bridgehead atoms. The molecule has 82 valence electrons. The van der Waals surface area contributed by atoms with Gasteiger partial charge in [0.1, 0.15) is 11.6 Å². The number of hydrogen-bond donors (Lipinski definition) is 0. The lowest BCUT2D eigenvalue weighted by atomic mass is 10.0. The molecule has 0 spiro atoms. The molecule has 0 unspecified atom stereocenters. The van der Waals surface area contributed by atoms with Crippen molar-refractivity contribution in [3.8, 4) is 16.9 Å². The average Bonchev–Trinajstić information content (AvgIpc) is 2.32. The second-order valence-electron chi connectivity index (χ2n) is 3.68. The average molecular weight is 216 g/mol. The van der Waals surface area contributed by atoms with Gasteiger partial charge in [0.2, 0.25) is 0 Å². The molecule has 0 saturated carbocycles. The summed E-state index contributed by atoms with van der Waals surface area (Å²) in [5, 5.41) is 0. The third-order valence-electron chi connectivity index (χ3n) is 2.52. The lowest BCUT2D eigenvalue weighted by Crippen LogP contribution is -1.90. The first-order chi connectivity index (χ1) is 7.72. The van der Waals surface area contributed by atoms with Crippen LogP contribution >= 0.6 is 0 Å². The number of rotatable bonds is 2. The molecule has 0 amide bonds. The van der Waals surface area contributed by atoms with E-state index in [0.717, 1.165) is 11.1 Å². The third kappa shape index (κ3) is 1.91. The molecule has 1 nitrogen and oxygen atoms in total. The SMILES string of the molecule is COc1ccccc1-c1cc(C)ccc1F. The van der Waals surface area contributed by atoms with Gasteiger partial charge in [-0.15, -0.1) is 0 Å². The Labute approximate surface area is 94.5 Å². The highest BCUT2D eigenvalue weighted by atomic mass is 19.1. The van der Waals surface area contributed by atoms with Crippen LogP contribution in [-0.2, 0) is 0 Å². The first-order valence-corrected chi connectivity index (χ1v) is 5.12. The number of ether oxygens (including phenoxy) is 1. The molecule has 0 saturated heterocycles. The van der Waals surface area contributed by atoms with Gasteiger partial charge in [0.05, 0.1) is 7.11 Å². The van der Waals surface area contributed by atoms with Gasteiger partial charge in [-0.25, -0.2) is 4.39 Å². The van der Waals surface area contributed by atoms with Crippen molar-refractivity contribution in [1.29, 1.82) is 0 Å². The second-order valence-corrected chi connectivity index (χ2v) is 3.68. The van der Waals surface area contributed by atoms with E-state index in [1.54, 1.807) is 13.2 Å². The number of aryl methyl sites for hydroxylation is 1. The number of benzene rings is 2. The van der Waals surface area contributed by atoms with Crippen LogP contribution in [0.3, 0.4) is 0 Å². The van der Waals surface area contributed by atoms with Crippen LogP contribution in [0.15, 0.2) is 42.5 Å². The van der Waals surface area contributed by atoms with Crippen molar-refractivity contribution >= 4 is 0 Å². The lowest BCUT2D eigenvalue weighted by Gasteiger charge is -2.09. The molecule has 2 aromatic carbocycles. The summed E-state index contributed by atoms with van der Waals surface area (Å²) < 4.78 is 18.9. The predicted molar refractivity (Wildman–Crippen MR) is 63.1 cm³/mol. The molecule has 0 heterocycles. The maximum Gasteiger partial charge on any atom is 0.131 e. The Kier molecular flexibility index (Phi) is 2.91. The minimum absolute atomic E-state index is 0.227. The Morgan fingerprint density at radius 1 is 1.00 bits per heavy atom. The van der Waals surface area contributed by atoms with Gasteiger partial charge >= 0.3 is 0 Å². The van der Waals surface area contributed by atoms with Crippen LogP contribution in [0.1, 0.15) is 5.56 Å². The molecule has 0 aliphatic rings. The van der Waals surface area contributed by atoms with Crippen molar-refractivity contribution in [2.24, 2.45) is 0 Å². The van der Waals surface area contributed by atoms with E-state index in [2.05, 4.69) is 0 Å². The summed E-state index contributed by atoms with van der Waals surface area (Å²) in [6.45, 7) is 1.94. The fourth-order valence-electron chi connectivity index (χ4n) is 1.71. The molecule has 0 atom stereocenters. The van der Waals surface area contributed by atoms with Crippen molar-refractivity contribution in [2.45, 2.75) is 6.92 Å². The van der Waals surface area contributed by atoms with Crippen LogP contribution in [0.25, 0.3) is 11.1 Å². The number of halogens is 1. The Balaban J connectivity index is 2.62. The maximum absolute atomic E-state index is 13.7. The van der Waals surface area contributed by atoms with Crippen LogP contribution in [0, 0.1) is 12.7 Å². The van der Waals surface area contributed by atoms with E-state index in [0.29, 0.717) is 11.3 Å². The van der Waals surface area contributed by atoms with Crippen LogP contribution in [-0.4, -0.2) is 7.11 Å². The van der Waals surface area contributed by atoms with E-state index < -0.39 is 0 Å². The quantitative estimate of drug-likeness (QED) is 0.741. The minimum Gasteiger partial charge on any atom is -0.496 e. The highest BCUT2D eigenvalue weighted by Crippen LogP contribution is 2.31. The largest absolute Gasteiger partial charge is 0.496 e. The van der Waals surface area contributed by atoms with Crippen LogP contribution in [0.4, 0.5) is 4.39 Å².